The maximum atomic E-state index is 11.2. The molecule has 2 N–H and O–H groups in total. The fourth-order valence-electron chi connectivity index (χ4n) is 0.720. The van der Waals surface area contributed by atoms with E-state index >= 15 is 0 Å². The first kappa shape index (κ1) is 11.1. The van der Waals surface area contributed by atoms with Gasteiger partial charge in [0.2, 0.25) is 0 Å². The van der Waals surface area contributed by atoms with Crippen molar-refractivity contribution in [3.63, 3.8) is 0 Å². The van der Waals surface area contributed by atoms with E-state index in [1.807, 2.05) is 0 Å². The molecular formula is C6H7NO5S2. The SMILES string of the molecule is CONS(=O)(=O)c1cc(C(=O)O)cs1. The summed E-state index contributed by atoms with van der Waals surface area (Å²) < 4.78 is 22.4. The molecule has 0 spiro atoms. The summed E-state index contributed by atoms with van der Waals surface area (Å²) in [6, 6.07) is 1.06. The average Bonchev–Trinajstić information content (AvgIpc) is 2.51. The Morgan fingerprint density at radius 3 is 2.71 bits per heavy atom. The minimum atomic E-state index is -3.74. The zero-order valence-corrected chi connectivity index (χ0v) is 8.68. The lowest BCUT2D eigenvalue weighted by molar-refractivity contribution is 0.0697. The number of hydrogen-bond donors (Lipinski definition) is 2. The van der Waals surface area contributed by atoms with Crippen molar-refractivity contribution in [2.45, 2.75) is 4.21 Å². The molecule has 6 nitrogen and oxygen atoms in total. The van der Waals surface area contributed by atoms with E-state index in [1.54, 1.807) is 4.89 Å². The highest BCUT2D eigenvalue weighted by molar-refractivity contribution is 7.91. The van der Waals surface area contributed by atoms with Crippen LogP contribution in [0, 0.1) is 0 Å². The Bertz CT molecular complexity index is 435. The summed E-state index contributed by atoms with van der Waals surface area (Å²) in [4.78, 5) is 16.5. The first-order valence-corrected chi connectivity index (χ1v) is 5.70. The maximum Gasteiger partial charge on any atom is 0.336 e. The van der Waals surface area contributed by atoms with Gasteiger partial charge in [-0.2, -0.15) is 0 Å². The van der Waals surface area contributed by atoms with Crippen molar-refractivity contribution in [1.29, 1.82) is 0 Å². The lowest BCUT2D eigenvalue weighted by Crippen LogP contribution is -2.21. The minimum Gasteiger partial charge on any atom is -0.478 e. The molecule has 0 atom stereocenters. The summed E-state index contributed by atoms with van der Waals surface area (Å²) in [5.74, 6) is -1.17. The van der Waals surface area contributed by atoms with Crippen LogP contribution in [0.15, 0.2) is 15.7 Å². The Morgan fingerprint density at radius 2 is 2.29 bits per heavy atom. The zero-order valence-electron chi connectivity index (χ0n) is 7.05. The summed E-state index contributed by atoms with van der Waals surface area (Å²) in [5, 5.41) is 9.80. The van der Waals surface area contributed by atoms with Gasteiger partial charge in [0.25, 0.3) is 10.0 Å². The van der Waals surface area contributed by atoms with E-state index in [9.17, 15) is 13.2 Å². The second-order valence-electron chi connectivity index (χ2n) is 2.25. The number of carboxylic acid groups (broad SMARTS) is 1. The van der Waals surface area contributed by atoms with Gasteiger partial charge in [-0.05, 0) is 6.07 Å². The standard InChI is InChI=1S/C6H7NO5S2/c1-12-7-14(10,11)5-2-4(3-13-5)6(8)9/h2-3,7H,1H3,(H,8,9). The number of aromatic carboxylic acids is 1. The van der Waals surface area contributed by atoms with E-state index < -0.39 is 16.0 Å². The molecule has 14 heavy (non-hydrogen) atoms. The van der Waals surface area contributed by atoms with Gasteiger partial charge in [-0.15, -0.1) is 11.3 Å². The molecule has 0 saturated heterocycles. The molecular weight excluding hydrogens is 230 g/mol. The fourth-order valence-corrected chi connectivity index (χ4v) is 2.66. The van der Waals surface area contributed by atoms with Crippen LogP contribution in [0.1, 0.15) is 10.4 Å². The predicted octanol–water partition coefficient (Wildman–Crippen LogP) is 0.286. The molecule has 0 saturated carbocycles. The van der Waals surface area contributed by atoms with Crippen molar-refractivity contribution in [1.82, 2.24) is 4.89 Å². The summed E-state index contributed by atoms with van der Waals surface area (Å²) in [5.41, 5.74) is -0.0634. The number of rotatable bonds is 4. The highest BCUT2D eigenvalue weighted by atomic mass is 32.2. The summed E-state index contributed by atoms with van der Waals surface area (Å²) in [6.07, 6.45) is 0. The topological polar surface area (TPSA) is 92.7 Å². The minimum absolute atomic E-state index is 0.0634. The van der Waals surface area contributed by atoms with Gasteiger partial charge in [-0.1, -0.05) is 4.89 Å². The van der Waals surface area contributed by atoms with Gasteiger partial charge >= 0.3 is 5.97 Å². The van der Waals surface area contributed by atoms with Crippen LogP contribution in [0.4, 0.5) is 0 Å². The number of nitrogens with one attached hydrogen (secondary N) is 1. The third-order valence-corrected chi connectivity index (χ3v) is 3.98. The molecule has 8 heteroatoms. The largest absolute Gasteiger partial charge is 0.478 e. The number of sulfonamides is 1. The van der Waals surface area contributed by atoms with Crippen LogP contribution in [0.25, 0.3) is 0 Å². The molecule has 0 fully saturated rings. The molecule has 78 valence electrons. The summed E-state index contributed by atoms with van der Waals surface area (Å²) in [6.45, 7) is 0. The Morgan fingerprint density at radius 1 is 1.64 bits per heavy atom. The molecule has 1 heterocycles. The molecule has 0 aromatic carbocycles. The lowest BCUT2D eigenvalue weighted by Gasteiger charge is -1.99. The molecule has 0 unspecified atom stereocenters. The third kappa shape index (κ3) is 2.29. The van der Waals surface area contributed by atoms with E-state index in [4.69, 9.17) is 5.11 Å². The first-order chi connectivity index (χ1) is 6.47. The van der Waals surface area contributed by atoms with Crippen molar-refractivity contribution in [3.8, 4) is 0 Å². The van der Waals surface area contributed by atoms with Crippen molar-refractivity contribution in [2.75, 3.05) is 7.11 Å². The van der Waals surface area contributed by atoms with Crippen molar-refractivity contribution < 1.29 is 23.2 Å². The van der Waals surface area contributed by atoms with Crippen molar-refractivity contribution >= 4 is 27.3 Å². The van der Waals surface area contributed by atoms with E-state index in [0.29, 0.717) is 0 Å². The number of carboxylic acids is 1. The highest BCUT2D eigenvalue weighted by Crippen LogP contribution is 2.19. The van der Waals surface area contributed by atoms with Gasteiger partial charge in [0.15, 0.2) is 0 Å². The number of thiophene rings is 1. The number of carbonyl (C=O) groups is 1. The van der Waals surface area contributed by atoms with Crippen LogP contribution in [0.5, 0.6) is 0 Å². The molecule has 0 radical (unpaired) electrons. The molecule has 1 aromatic rings. The van der Waals surface area contributed by atoms with Crippen LogP contribution in [0.2, 0.25) is 0 Å². The van der Waals surface area contributed by atoms with E-state index in [1.165, 1.54) is 5.38 Å². The van der Waals surface area contributed by atoms with E-state index in [-0.39, 0.29) is 9.77 Å². The van der Waals surface area contributed by atoms with Crippen LogP contribution in [-0.2, 0) is 14.9 Å². The molecule has 0 amide bonds. The molecule has 0 aliphatic carbocycles. The van der Waals surface area contributed by atoms with Crippen molar-refractivity contribution in [2.24, 2.45) is 0 Å². The molecule has 0 bridgehead atoms. The Balaban J connectivity index is 3.03. The normalized spacial score (nSPS) is 11.5. The molecule has 0 aliphatic rings. The second kappa shape index (κ2) is 4.05. The monoisotopic (exact) mass is 237 g/mol. The van der Waals surface area contributed by atoms with Gasteiger partial charge in [-0.25, -0.2) is 13.2 Å². The van der Waals surface area contributed by atoms with Crippen LogP contribution < -0.4 is 4.89 Å². The van der Waals surface area contributed by atoms with E-state index in [0.717, 1.165) is 24.5 Å². The van der Waals surface area contributed by atoms with Crippen LogP contribution in [-0.4, -0.2) is 26.6 Å². The summed E-state index contributed by atoms with van der Waals surface area (Å²) in [7, 11) is -2.58. The quantitative estimate of drug-likeness (QED) is 0.734. The highest BCUT2D eigenvalue weighted by Gasteiger charge is 2.18. The second-order valence-corrected chi connectivity index (χ2v) is 5.03. The molecule has 1 rings (SSSR count). The Labute approximate surface area is 84.1 Å². The first-order valence-electron chi connectivity index (χ1n) is 3.34. The van der Waals surface area contributed by atoms with E-state index in [2.05, 4.69) is 4.84 Å². The fraction of sp³-hybridized carbons (Fsp3) is 0.167. The zero-order chi connectivity index (χ0) is 10.8. The average molecular weight is 237 g/mol. The van der Waals surface area contributed by atoms with Gasteiger partial charge in [0, 0.05) is 5.38 Å². The maximum absolute atomic E-state index is 11.2. The lowest BCUT2D eigenvalue weighted by atomic mass is 10.4. The third-order valence-electron chi connectivity index (χ3n) is 1.28. The molecule has 1 aromatic heterocycles. The van der Waals surface area contributed by atoms with Gasteiger partial charge in [0.1, 0.15) is 4.21 Å². The van der Waals surface area contributed by atoms with Gasteiger partial charge in [-0.3, -0.25) is 4.84 Å². The Hall–Kier alpha value is -0.960. The van der Waals surface area contributed by atoms with Gasteiger partial charge in [0.05, 0.1) is 12.7 Å². The predicted molar refractivity (Wildman–Crippen MR) is 48.6 cm³/mol. The smallest absolute Gasteiger partial charge is 0.336 e. The van der Waals surface area contributed by atoms with Crippen molar-refractivity contribution in [3.05, 3.63) is 17.0 Å². The van der Waals surface area contributed by atoms with Gasteiger partial charge < -0.3 is 5.11 Å². The molecule has 0 aliphatic heterocycles. The van der Waals surface area contributed by atoms with Crippen LogP contribution >= 0.6 is 11.3 Å². The summed E-state index contributed by atoms with van der Waals surface area (Å²) >= 11 is 0.813. The number of hydrogen-bond acceptors (Lipinski definition) is 5. The Kier molecular flexibility index (Phi) is 3.21. The van der Waals surface area contributed by atoms with Crippen LogP contribution in [0.3, 0.4) is 0 Å².